The fraction of sp³-hybridized carbons (Fsp3) is 0.947. The van der Waals surface area contributed by atoms with Crippen molar-refractivity contribution in [2.45, 2.75) is 63.0 Å². The molecule has 0 spiro atoms. The van der Waals surface area contributed by atoms with Gasteiger partial charge in [-0.1, -0.05) is 19.3 Å². The zero-order valence-electron chi connectivity index (χ0n) is 16.1. The van der Waals surface area contributed by atoms with Crippen LogP contribution in [0.25, 0.3) is 0 Å². The molecule has 2 fully saturated rings. The minimum atomic E-state index is 0.200. The monoisotopic (exact) mass is 371 g/mol. The van der Waals surface area contributed by atoms with E-state index in [1.165, 1.54) is 32.1 Å². The third-order valence-electron chi connectivity index (χ3n) is 5.89. The van der Waals surface area contributed by atoms with Gasteiger partial charge < -0.3 is 20.5 Å². The highest BCUT2D eigenvalue weighted by atomic mass is 32.2. The fourth-order valence-electron chi connectivity index (χ4n) is 4.06. The quantitative estimate of drug-likeness (QED) is 0.452. The lowest BCUT2D eigenvalue weighted by molar-refractivity contribution is 0.0782. The van der Waals surface area contributed by atoms with Gasteiger partial charge in [0.2, 0.25) is 0 Å². The van der Waals surface area contributed by atoms with E-state index < -0.39 is 0 Å². The largest absolute Gasteiger partial charge is 0.396 e. The molecule has 3 N–H and O–H groups in total. The Labute approximate surface area is 157 Å². The number of ether oxygens (including phenoxy) is 1. The van der Waals surface area contributed by atoms with Crippen LogP contribution < -0.4 is 10.6 Å². The van der Waals surface area contributed by atoms with Crippen molar-refractivity contribution in [2.24, 2.45) is 10.4 Å². The van der Waals surface area contributed by atoms with E-state index in [0.717, 1.165) is 58.1 Å². The number of thioether (sulfide) groups is 1. The van der Waals surface area contributed by atoms with Gasteiger partial charge in [0.05, 0.1) is 0 Å². The molecule has 0 unspecified atom stereocenters. The van der Waals surface area contributed by atoms with E-state index in [4.69, 9.17) is 9.73 Å². The van der Waals surface area contributed by atoms with Gasteiger partial charge in [0.15, 0.2) is 5.96 Å². The molecule has 0 aromatic carbocycles. The number of rotatable bonds is 8. The van der Waals surface area contributed by atoms with Crippen molar-refractivity contribution in [1.29, 1.82) is 0 Å². The van der Waals surface area contributed by atoms with E-state index in [-0.39, 0.29) is 16.8 Å². The summed E-state index contributed by atoms with van der Waals surface area (Å²) in [6.07, 6.45) is 11.5. The molecule has 1 saturated heterocycles. The minimum Gasteiger partial charge on any atom is -0.396 e. The summed E-state index contributed by atoms with van der Waals surface area (Å²) in [6, 6.07) is 0. The molecule has 0 atom stereocenters. The molecule has 1 heterocycles. The maximum absolute atomic E-state index is 9.50. The molecule has 25 heavy (non-hydrogen) atoms. The molecular weight excluding hydrogens is 334 g/mol. The molecule has 2 aliphatic rings. The normalized spacial score (nSPS) is 23.2. The predicted octanol–water partition coefficient (Wildman–Crippen LogP) is 2.79. The van der Waals surface area contributed by atoms with Crippen LogP contribution in [0, 0.1) is 5.41 Å². The van der Waals surface area contributed by atoms with Gasteiger partial charge in [-0.2, -0.15) is 11.8 Å². The number of aliphatic hydroxyl groups excluding tert-OH is 1. The van der Waals surface area contributed by atoms with Gasteiger partial charge in [0.1, 0.15) is 0 Å². The van der Waals surface area contributed by atoms with Gasteiger partial charge in [0.25, 0.3) is 0 Å². The molecule has 0 bridgehead atoms. The summed E-state index contributed by atoms with van der Waals surface area (Å²) in [6.45, 7) is 6.71. The summed E-state index contributed by atoms with van der Waals surface area (Å²) in [5.74, 6) is 0.922. The van der Waals surface area contributed by atoms with E-state index in [1.54, 1.807) is 0 Å². The van der Waals surface area contributed by atoms with Gasteiger partial charge in [-0.3, -0.25) is 4.99 Å². The van der Waals surface area contributed by atoms with Crippen molar-refractivity contribution in [3.8, 4) is 0 Å². The van der Waals surface area contributed by atoms with Crippen molar-refractivity contribution in [3.63, 3.8) is 0 Å². The Morgan fingerprint density at radius 3 is 2.44 bits per heavy atom. The van der Waals surface area contributed by atoms with E-state index in [2.05, 4.69) is 23.8 Å². The highest BCUT2D eigenvalue weighted by Gasteiger charge is 2.33. The van der Waals surface area contributed by atoms with Crippen LogP contribution in [0.1, 0.15) is 58.3 Å². The third-order valence-corrected chi connectivity index (χ3v) is 7.31. The van der Waals surface area contributed by atoms with Crippen molar-refractivity contribution < 1.29 is 9.84 Å². The molecule has 1 saturated carbocycles. The maximum atomic E-state index is 9.50. The summed E-state index contributed by atoms with van der Waals surface area (Å²) in [7, 11) is 0. The number of aliphatic hydroxyl groups is 1. The Kier molecular flexibility index (Phi) is 8.87. The number of guanidine groups is 1. The van der Waals surface area contributed by atoms with Crippen molar-refractivity contribution in [1.82, 2.24) is 10.6 Å². The van der Waals surface area contributed by atoms with Crippen LogP contribution in [-0.2, 0) is 4.74 Å². The average Bonchev–Trinajstić information content (AvgIpc) is 2.66. The fourth-order valence-corrected chi connectivity index (χ4v) is 4.85. The SMILES string of the molecule is CCNC(=NCC1(CCO)CCCCC1)NCC1(SC)CCOCC1. The summed E-state index contributed by atoms with van der Waals surface area (Å²) >= 11 is 1.95. The first-order chi connectivity index (χ1) is 12.2. The summed E-state index contributed by atoms with van der Waals surface area (Å²) in [5, 5.41) is 16.5. The first-order valence-electron chi connectivity index (χ1n) is 9.93. The van der Waals surface area contributed by atoms with Crippen LogP contribution in [0.4, 0.5) is 0 Å². The van der Waals surface area contributed by atoms with Gasteiger partial charge >= 0.3 is 0 Å². The van der Waals surface area contributed by atoms with Crippen LogP contribution in [0.2, 0.25) is 0 Å². The highest BCUT2D eigenvalue weighted by Crippen LogP contribution is 2.39. The lowest BCUT2D eigenvalue weighted by Crippen LogP contribution is -2.48. The first kappa shape index (κ1) is 20.8. The molecule has 0 radical (unpaired) electrons. The second-order valence-electron chi connectivity index (χ2n) is 7.58. The average molecular weight is 372 g/mol. The molecule has 0 aromatic rings. The number of hydrogen-bond donors (Lipinski definition) is 3. The van der Waals surface area contributed by atoms with Gasteiger partial charge in [-0.15, -0.1) is 0 Å². The highest BCUT2D eigenvalue weighted by molar-refractivity contribution is 8.00. The summed E-state index contributed by atoms with van der Waals surface area (Å²) < 4.78 is 5.79. The molecular formula is C19H37N3O2S. The molecule has 0 aromatic heterocycles. The number of hydrogen-bond acceptors (Lipinski definition) is 4. The Hall–Kier alpha value is -0.460. The number of nitrogens with zero attached hydrogens (tertiary/aromatic N) is 1. The molecule has 146 valence electrons. The van der Waals surface area contributed by atoms with E-state index in [9.17, 15) is 5.11 Å². The van der Waals surface area contributed by atoms with Gasteiger partial charge in [0, 0.05) is 44.2 Å². The lowest BCUT2D eigenvalue weighted by Gasteiger charge is -2.37. The molecule has 2 rings (SSSR count). The van der Waals surface area contributed by atoms with Crippen LogP contribution >= 0.6 is 11.8 Å². The van der Waals surface area contributed by atoms with E-state index in [1.807, 2.05) is 11.8 Å². The van der Waals surface area contributed by atoms with Crippen LogP contribution in [0.5, 0.6) is 0 Å². The molecule has 1 aliphatic heterocycles. The minimum absolute atomic E-state index is 0.200. The Morgan fingerprint density at radius 1 is 1.12 bits per heavy atom. The Balaban J connectivity index is 1.96. The summed E-state index contributed by atoms with van der Waals surface area (Å²) in [5.41, 5.74) is 0.200. The standard InChI is InChI=1S/C19H37N3O2S/c1-3-20-17(22-16-19(25-2)10-13-24-14-11-19)21-15-18(9-12-23)7-5-4-6-8-18/h23H,3-16H2,1-2H3,(H2,20,21,22). The third kappa shape index (κ3) is 6.33. The number of aliphatic imine (C=N–C) groups is 1. The van der Waals surface area contributed by atoms with Gasteiger partial charge in [-0.25, -0.2) is 0 Å². The van der Waals surface area contributed by atoms with Crippen LogP contribution in [-0.4, -0.2) is 61.5 Å². The summed E-state index contributed by atoms with van der Waals surface area (Å²) in [4.78, 5) is 4.92. The molecule has 1 aliphatic carbocycles. The zero-order valence-corrected chi connectivity index (χ0v) is 16.9. The topological polar surface area (TPSA) is 65.9 Å². The van der Waals surface area contributed by atoms with Crippen molar-refractivity contribution in [3.05, 3.63) is 0 Å². The van der Waals surface area contributed by atoms with E-state index in [0.29, 0.717) is 0 Å². The van der Waals surface area contributed by atoms with Crippen LogP contribution in [0.15, 0.2) is 4.99 Å². The Bertz CT molecular complexity index is 400. The zero-order chi connectivity index (χ0) is 18.0. The van der Waals surface area contributed by atoms with Crippen molar-refractivity contribution >= 4 is 17.7 Å². The smallest absolute Gasteiger partial charge is 0.191 e. The predicted molar refractivity (Wildman–Crippen MR) is 108 cm³/mol. The lowest BCUT2D eigenvalue weighted by atomic mass is 9.72. The molecule has 0 amide bonds. The molecule has 6 heteroatoms. The second-order valence-corrected chi connectivity index (χ2v) is 8.86. The number of nitrogens with one attached hydrogen (secondary N) is 2. The van der Waals surface area contributed by atoms with Crippen molar-refractivity contribution in [2.75, 3.05) is 45.7 Å². The molecule has 5 nitrogen and oxygen atoms in total. The first-order valence-corrected chi connectivity index (χ1v) is 11.2. The van der Waals surface area contributed by atoms with E-state index >= 15 is 0 Å². The maximum Gasteiger partial charge on any atom is 0.191 e. The van der Waals surface area contributed by atoms with Crippen LogP contribution in [0.3, 0.4) is 0 Å². The van der Waals surface area contributed by atoms with Gasteiger partial charge in [-0.05, 0) is 50.7 Å². The second kappa shape index (κ2) is 10.6. The Morgan fingerprint density at radius 2 is 1.84 bits per heavy atom.